The van der Waals surface area contributed by atoms with Gasteiger partial charge in [0.05, 0.1) is 4.90 Å². The van der Waals surface area contributed by atoms with Crippen LogP contribution in [0, 0.1) is 0 Å². The summed E-state index contributed by atoms with van der Waals surface area (Å²) in [5.74, 6) is 0.480. The van der Waals surface area contributed by atoms with Gasteiger partial charge in [-0.2, -0.15) is 4.31 Å². The van der Waals surface area contributed by atoms with E-state index in [1.54, 1.807) is 34.1 Å². The summed E-state index contributed by atoms with van der Waals surface area (Å²) in [7, 11) is -3.64. The third-order valence-electron chi connectivity index (χ3n) is 6.53. The molecule has 0 radical (unpaired) electrons. The SMILES string of the molecule is O=C(COc1ccc(N2CCCC2=O)cc1)N1CCN(S(=O)(=O)c2ccc3ccccc3c2)CC1. The van der Waals surface area contributed by atoms with Crippen molar-refractivity contribution in [3.63, 3.8) is 0 Å². The van der Waals surface area contributed by atoms with Crippen LogP contribution in [0.15, 0.2) is 71.6 Å². The minimum Gasteiger partial charge on any atom is -0.484 e. The van der Waals surface area contributed by atoms with Gasteiger partial charge in [0, 0.05) is 44.8 Å². The van der Waals surface area contributed by atoms with Gasteiger partial charge in [0.2, 0.25) is 15.9 Å². The fourth-order valence-corrected chi connectivity index (χ4v) is 5.99. The number of ether oxygens (including phenoxy) is 1. The highest BCUT2D eigenvalue weighted by Crippen LogP contribution is 2.25. The third kappa shape index (κ3) is 4.87. The predicted molar refractivity (Wildman–Crippen MR) is 133 cm³/mol. The number of benzene rings is 3. The molecule has 0 saturated carbocycles. The lowest BCUT2D eigenvalue weighted by molar-refractivity contribution is -0.134. The van der Waals surface area contributed by atoms with Crippen LogP contribution >= 0.6 is 0 Å². The molecule has 2 aliphatic rings. The number of hydrogen-bond acceptors (Lipinski definition) is 5. The zero-order chi connectivity index (χ0) is 24.4. The van der Waals surface area contributed by atoms with E-state index in [4.69, 9.17) is 4.74 Å². The summed E-state index contributed by atoms with van der Waals surface area (Å²) < 4.78 is 33.3. The molecule has 182 valence electrons. The van der Waals surface area contributed by atoms with Crippen LogP contribution in [-0.4, -0.2) is 68.8 Å². The van der Waals surface area contributed by atoms with E-state index in [9.17, 15) is 18.0 Å². The molecule has 0 bridgehead atoms. The Labute approximate surface area is 204 Å². The molecule has 0 aliphatic carbocycles. The van der Waals surface area contributed by atoms with Crippen LogP contribution in [0.5, 0.6) is 5.75 Å². The number of amides is 2. The van der Waals surface area contributed by atoms with E-state index in [0.29, 0.717) is 25.3 Å². The molecular formula is C26H27N3O5S. The summed E-state index contributed by atoms with van der Waals surface area (Å²) in [4.78, 5) is 28.2. The first-order chi connectivity index (χ1) is 16.9. The highest BCUT2D eigenvalue weighted by molar-refractivity contribution is 7.89. The highest BCUT2D eigenvalue weighted by Gasteiger charge is 2.30. The topological polar surface area (TPSA) is 87.2 Å². The first kappa shape index (κ1) is 23.3. The van der Waals surface area contributed by atoms with Crippen LogP contribution in [0.1, 0.15) is 12.8 Å². The van der Waals surface area contributed by atoms with Gasteiger partial charge in [-0.05, 0) is 53.6 Å². The lowest BCUT2D eigenvalue weighted by Crippen LogP contribution is -2.51. The van der Waals surface area contributed by atoms with Crippen LogP contribution in [0.25, 0.3) is 10.8 Å². The number of rotatable bonds is 6. The first-order valence-corrected chi connectivity index (χ1v) is 13.2. The molecule has 2 saturated heterocycles. The van der Waals surface area contributed by atoms with Gasteiger partial charge in [-0.1, -0.05) is 30.3 Å². The monoisotopic (exact) mass is 493 g/mol. The Morgan fingerprint density at radius 3 is 2.26 bits per heavy atom. The molecule has 2 aliphatic heterocycles. The summed E-state index contributed by atoms with van der Waals surface area (Å²) in [5.41, 5.74) is 0.829. The van der Waals surface area contributed by atoms with Crippen molar-refractivity contribution in [1.82, 2.24) is 9.21 Å². The summed E-state index contributed by atoms with van der Waals surface area (Å²) in [6.07, 6.45) is 1.44. The minimum atomic E-state index is -3.64. The molecule has 2 amide bonds. The Bertz CT molecular complexity index is 1350. The molecule has 0 N–H and O–H groups in total. The quantitative estimate of drug-likeness (QED) is 0.527. The number of hydrogen-bond donors (Lipinski definition) is 0. The molecule has 2 heterocycles. The van der Waals surface area contributed by atoms with Gasteiger partial charge in [-0.25, -0.2) is 8.42 Å². The second-order valence-corrected chi connectivity index (χ2v) is 10.7. The van der Waals surface area contributed by atoms with Gasteiger partial charge in [0.15, 0.2) is 6.61 Å². The minimum absolute atomic E-state index is 0.121. The van der Waals surface area contributed by atoms with E-state index in [2.05, 4.69) is 0 Å². The average Bonchev–Trinajstić information content (AvgIpc) is 3.33. The maximum absolute atomic E-state index is 13.1. The molecule has 0 spiro atoms. The molecule has 0 aromatic heterocycles. The van der Waals surface area contributed by atoms with Crippen molar-refractivity contribution in [2.75, 3.05) is 44.2 Å². The van der Waals surface area contributed by atoms with Crippen LogP contribution in [0.4, 0.5) is 5.69 Å². The van der Waals surface area contributed by atoms with Crippen molar-refractivity contribution in [3.8, 4) is 5.75 Å². The van der Waals surface area contributed by atoms with E-state index >= 15 is 0 Å². The maximum atomic E-state index is 13.1. The molecular weight excluding hydrogens is 466 g/mol. The smallest absolute Gasteiger partial charge is 0.260 e. The number of fused-ring (bicyclic) bond motifs is 1. The Hall–Kier alpha value is -3.43. The number of anilines is 1. The predicted octanol–water partition coefficient (Wildman–Crippen LogP) is 2.88. The first-order valence-electron chi connectivity index (χ1n) is 11.7. The summed E-state index contributed by atoms with van der Waals surface area (Å²) in [5, 5.41) is 1.86. The number of nitrogens with zero attached hydrogens (tertiary/aromatic N) is 3. The molecule has 5 rings (SSSR count). The molecule has 8 nitrogen and oxygen atoms in total. The molecule has 35 heavy (non-hydrogen) atoms. The van der Waals surface area contributed by atoms with E-state index in [0.717, 1.165) is 29.4 Å². The average molecular weight is 494 g/mol. The van der Waals surface area contributed by atoms with Crippen molar-refractivity contribution in [3.05, 3.63) is 66.7 Å². The zero-order valence-corrected chi connectivity index (χ0v) is 20.1. The van der Waals surface area contributed by atoms with Crippen molar-refractivity contribution in [1.29, 1.82) is 0 Å². The molecule has 0 atom stereocenters. The van der Waals surface area contributed by atoms with Crippen molar-refractivity contribution in [2.45, 2.75) is 17.7 Å². The van der Waals surface area contributed by atoms with Gasteiger partial charge in [-0.15, -0.1) is 0 Å². The lowest BCUT2D eigenvalue weighted by atomic mass is 10.1. The number of carbonyl (C=O) groups excluding carboxylic acids is 2. The van der Waals surface area contributed by atoms with Crippen molar-refractivity contribution in [2.24, 2.45) is 0 Å². The van der Waals surface area contributed by atoms with Crippen LogP contribution in [0.3, 0.4) is 0 Å². The highest BCUT2D eigenvalue weighted by atomic mass is 32.2. The number of carbonyl (C=O) groups is 2. The van der Waals surface area contributed by atoms with E-state index in [-0.39, 0.29) is 36.4 Å². The summed E-state index contributed by atoms with van der Waals surface area (Å²) >= 11 is 0. The van der Waals surface area contributed by atoms with Gasteiger partial charge < -0.3 is 14.5 Å². The van der Waals surface area contributed by atoms with Gasteiger partial charge in [0.25, 0.3) is 5.91 Å². The summed E-state index contributed by atoms with van der Waals surface area (Å²) in [6.45, 7) is 1.69. The Kier molecular flexibility index (Phi) is 6.44. The number of piperazine rings is 1. The Morgan fingerprint density at radius 2 is 1.57 bits per heavy atom. The van der Waals surface area contributed by atoms with Crippen LogP contribution in [-0.2, 0) is 19.6 Å². The third-order valence-corrected chi connectivity index (χ3v) is 8.43. The second kappa shape index (κ2) is 9.67. The van der Waals surface area contributed by atoms with E-state index < -0.39 is 10.0 Å². The molecule has 0 unspecified atom stereocenters. The Morgan fingerprint density at radius 1 is 0.857 bits per heavy atom. The lowest BCUT2D eigenvalue weighted by Gasteiger charge is -2.34. The fraction of sp³-hybridized carbons (Fsp3) is 0.308. The van der Waals surface area contributed by atoms with Crippen LogP contribution < -0.4 is 9.64 Å². The largest absolute Gasteiger partial charge is 0.484 e. The van der Waals surface area contributed by atoms with Gasteiger partial charge >= 0.3 is 0 Å². The second-order valence-electron chi connectivity index (χ2n) is 8.73. The molecule has 9 heteroatoms. The van der Waals surface area contributed by atoms with Crippen molar-refractivity contribution < 1.29 is 22.7 Å². The van der Waals surface area contributed by atoms with E-state index in [1.165, 1.54) is 4.31 Å². The summed E-state index contributed by atoms with van der Waals surface area (Å²) in [6, 6.07) is 19.9. The number of sulfonamides is 1. The zero-order valence-electron chi connectivity index (χ0n) is 19.3. The van der Waals surface area contributed by atoms with Gasteiger partial charge in [0.1, 0.15) is 5.75 Å². The molecule has 3 aromatic rings. The van der Waals surface area contributed by atoms with Crippen LogP contribution in [0.2, 0.25) is 0 Å². The molecule has 2 fully saturated rings. The van der Waals surface area contributed by atoms with Crippen molar-refractivity contribution >= 4 is 38.3 Å². The van der Waals surface area contributed by atoms with Gasteiger partial charge in [-0.3, -0.25) is 9.59 Å². The fourth-order valence-electron chi connectivity index (χ4n) is 4.53. The Balaban J connectivity index is 1.15. The normalized spacial score (nSPS) is 17.2. The standard InChI is InChI=1S/C26H27N3O5S/c30-25-6-3-13-29(25)22-8-10-23(11-9-22)34-19-26(31)27-14-16-28(17-15-27)35(32,33)24-12-7-20-4-1-2-5-21(20)18-24/h1-2,4-5,7-12,18H,3,6,13-17,19H2. The van der Waals surface area contributed by atoms with E-state index in [1.807, 2.05) is 42.5 Å². The maximum Gasteiger partial charge on any atom is 0.260 e. The molecule has 3 aromatic carbocycles.